The summed E-state index contributed by atoms with van der Waals surface area (Å²) in [6.45, 7) is 2.29. The van der Waals surface area contributed by atoms with Crippen molar-refractivity contribution in [1.29, 1.82) is 0 Å². The summed E-state index contributed by atoms with van der Waals surface area (Å²) in [5.41, 5.74) is 0. The average Bonchev–Trinajstić information content (AvgIpc) is 2.45. The molecule has 0 spiro atoms. The van der Waals surface area contributed by atoms with Gasteiger partial charge in [-0.2, -0.15) is 0 Å². The molecule has 0 atom stereocenters. The molecule has 0 heterocycles. The molecule has 1 aliphatic carbocycles. The van der Waals surface area contributed by atoms with E-state index in [4.69, 9.17) is 0 Å². The predicted molar refractivity (Wildman–Crippen MR) is 92.7 cm³/mol. The Labute approximate surface area is 133 Å². The molecule has 1 fully saturated rings. The van der Waals surface area contributed by atoms with E-state index >= 15 is 0 Å². The van der Waals surface area contributed by atoms with Crippen molar-refractivity contribution < 1.29 is 4.79 Å². The van der Waals surface area contributed by atoms with E-state index in [0.29, 0.717) is 5.78 Å². The molecule has 124 valence electrons. The van der Waals surface area contributed by atoms with Gasteiger partial charge in [0.25, 0.3) is 0 Å². The summed E-state index contributed by atoms with van der Waals surface area (Å²) in [5.74, 6) is 1.25. The van der Waals surface area contributed by atoms with Crippen molar-refractivity contribution in [2.24, 2.45) is 5.92 Å². The molecule has 1 heteroatoms. The van der Waals surface area contributed by atoms with Gasteiger partial charge in [0.1, 0.15) is 5.78 Å². The summed E-state index contributed by atoms with van der Waals surface area (Å²) in [7, 11) is 0. The minimum atomic E-state index is 0.491. The van der Waals surface area contributed by atoms with Crippen LogP contribution >= 0.6 is 0 Å². The zero-order valence-electron chi connectivity index (χ0n) is 14.5. The Hall–Kier alpha value is -0.330. The second-order valence-corrected chi connectivity index (χ2v) is 7.20. The topological polar surface area (TPSA) is 17.1 Å². The maximum atomic E-state index is 10.9. The molecule has 0 bridgehead atoms. The quantitative estimate of drug-likeness (QED) is 0.302. The van der Waals surface area contributed by atoms with Crippen LogP contribution in [-0.4, -0.2) is 5.78 Å². The fourth-order valence-corrected chi connectivity index (χ4v) is 3.42. The molecule has 1 rings (SSSR count). The van der Waals surface area contributed by atoms with E-state index < -0.39 is 0 Å². The highest BCUT2D eigenvalue weighted by molar-refractivity contribution is 5.84. The van der Waals surface area contributed by atoms with Crippen LogP contribution in [0.2, 0.25) is 0 Å². The van der Waals surface area contributed by atoms with Crippen molar-refractivity contribution >= 4 is 5.78 Å². The minimum Gasteiger partial charge on any atom is -0.300 e. The molecule has 0 aromatic heterocycles. The van der Waals surface area contributed by atoms with Gasteiger partial charge < -0.3 is 0 Å². The second kappa shape index (κ2) is 13.3. The van der Waals surface area contributed by atoms with Crippen LogP contribution in [0.4, 0.5) is 0 Å². The van der Waals surface area contributed by atoms with E-state index in [0.717, 1.165) is 18.8 Å². The third-order valence-corrected chi connectivity index (χ3v) is 5.00. The van der Waals surface area contributed by atoms with Crippen molar-refractivity contribution in [3.05, 3.63) is 0 Å². The van der Waals surface area contributed by atoms with Crippen molar-refractivity contribution in [3.63, 3.8) is 0 Å². The third-order valence-electron chi connectivity index (χ3n) is 5.00. The summed E-state index contributed by atoms with van der Waals surface area (Å²) in [5, 5.41) is 0. The maximum absolute atomic E-state index is 10.9. The second-order valence-electron chi connectivity index (χ2n) is 7.20. The summed E-state index contributed by atoms with van der Waals surface area (Å²) >= 11 is 0. The first-order chi connectivity index (χ1) is 10.3. The number of ketones is 1. The zero-order valence-corrected chi connectivity index (χ0v) is 14.5. The maximum Gasteiger partial charge on any atom is 0.133 e. The van der Waals surface area contributed by atoms with Crippen molar-refractivity contribution in [1.82, 2.24) is 0 Å². The lowest BCUT2D eigenvalue weighted by Gasteiger charge is -2.23. The Morgan fingerprint density at radius 1 is 0.667 bits per heavy atom. The molecule has 1 saturated carbocycles. The third kappa shape index (κ3) is 11.0. The minimum absolute atomic E-state index is 0.491. The van der Waals surface area contributed by atoms with Crippen LogP contribution in [0.5, 0.6) is 0 Å². The van der Waals surface area contributed by atoms with E-state index in [-0.39, 0.29) is 0 Å². The van der Waals surface area contributed by atoms with Crippen LogP contribution in [0, 0.1) is 5.92 Å². The molecule has 0 aromatic rings. The van der Waals surface area contributed by atoms with Crippen LogP contribution in [0.15, 0.2) is 0 Å². The number of hydrogen-bond acceptors (Lipinski definition) is 1. The van der Waals surface area contributed by atoms with Gasteiger partial charge in [-0.1, -0.05) is 96.8 Å². The van der Waals surface area contributed by atoms with Crippen molar-refractivity contribution in [3.8, 4) is 0 Å². The molecule has 0 N–H and O–H groups in total. The molecule has 1 nitrogen and oxygen atoms in total. The fraction of sp³-hybridized carbons (Fsp3) is 0.950. The Balaban J connectivity index is 1.64. The van der Waals surface area contributed by atoms with E-state index in [9.17, 15) is 4.79 Å². The molecule has 0 amide bonds. The number of rotatable bonds is 15. The first-order valence-corrected chi connectivity index (χ1v) is 9.84. The zero-order chi connectivity index (χ0) is 15.2. The molecular formula is C20H38O. The van der Waals surface area contributed by atoms with Gasteiger partial charge in [0.05, 0.1) is 0 Å². The largest absolute Gasteiger partial charge is 0.300 e. The van der Waals surface area contributed by atoms with Gasteiger partial charge in [-0.15, -0.1) is 0 Å². The van der Waals surface area contributed by atoms with Crippen LogP contribution in [0.3, 0.4) is 0 Å². The molecule has 0 radical (unpaired) electrons. The number of carbonyl (C=O) groups excluding carboxylic acids is 1. The van der Waals surface area contributed by atoms with E-state index in [2.05, 4.69) is 6.92 Å². The Morgan fingerprint density at radius 2 is 1.05 bits per heavy atom. The highest BCUT2D eigenvalue weighted by atomic mass is 16.1. The van der Waals surface area contributed by atoms with Crippen LogP contribution in [-0.2, 0) is 4.79 Å². The summed E-state index contributed by atoms with van der Waals surface area (Å²) in [4.78, 5) is 10.9. The Kier molecular flexibility index (Phi) is 11.9. The lowest BCUT2D eigenvalue weighted by Crippen LogP contribution is -2.22. The Morgan fingerprint density at radius 3 is 1.43 bits per heavy atom. The molecule has 0 aliphatic heterocycles. The van der Waals surface area contributed by atoms with Crippen molar-refractivity contribution in [2.45, 2.75) is 116 Å². The molecule has 0 aromatic carbocycles. The highest BCUT2D eigenvalue weighted by Crippen LogP contribution is 2.28. The number of unbranched alkanes of at least 4 members (excludes halogenated alkanes) is 13. The monoisotopic (exact) mass is 294 g/mol. The SMILES string of the molecule is CCCCCCCCCCCCCCCCC1CC(=O)C1. The summed E-state index contributed by atoms with van der Waals surface area (Å²) < 4.78 is 0. The van der Waals surface area contributed by atoms with E-state index in [1.807, 2.05) is 0 Å². The number of Topliss-reactive ketones (excluding diaryl/α,β-unsaturated/α-hetero) is 1. The molecule has 1 aliphatic rings. The van der Waals surface area contributed by atoms with Gasteiger partial charge in [0.2, 0.25) is 0 Å². The van der Waals surface area contributed by atoms with E-state index in [1.54, 1.807) is 0 Å². The average molecular weight is 295 g/mol. The summed E-state index contributed by atoms with van der Waals surface area (Å²) in [6.07, 6.45) is 23.1. The van der Waals surface area contributed by atoms with Gasteiger partial charge in [0.15, 0.2) is 0 Å². The van der Waals surface area contributed by atoms with Gasteiger partial charge in [-0.05, 0) is 12.3 Å². The van der Waals surface area contributed by atoms with Gasteiger partial charge in [-0.3, -0.25) is 4.79 Å². The molecule has 21 heavy (non-hydrogen) atoms. The number of carbonyl (C=O) groups is 1. The van der Waals surface area contributed by atoms with Crippen LogP contribution < -0.4 is 0 Å². The lowest BCUT2D eigenvalue weighted by molar-refractivity contribution is -0.127. The van der Waals surface area contributed by atoms with Crippen molar-refractivity contribution in [2.75, 3.05) is 0 Å². The normalized spacial score (nSPS) is 15.4. The molecule has 0 saturated heterocycles. The first-order valence-electron chi connectivity index (χ1n) is 9.84. The van der Waals surface area contributed by atoms with Crippen LogP contribution in [0.1, 0.15) is 116 Å². The Bertz CT molecular complexity index is 238. The predicted octanol–water partition coefficient (Wildman–Crippen LogP) is 6.84. The fourth-order valence-electron chi connectivity index (χ4n) is 3.42. The highest BCUT2D eigenvalue weighted by Gasteiger charge is 2.25. The van der Waals surface area contributed by atoms with E-state index in [1.165, 1.54) is 96.3 Å². The molecule has 0 unspecified atom stereocenters. The van der Waals surface area contributed by atoms with Gasteiger partial charge in [-0.25, -0.2) is 0 Å². The van der Waals surface area contributed by atoms with Gasteiger partial charge in [0, 0.05) is 12.8 Å². The number of hydrogen-bond donors (Lipinski definition) is 0. The van der Waals surface area contributed by atoms with Gasteiger partial charge >= 0.3 is 0 Å². The summed E-state index contributed by atoms with van der Waals surface area (Å²) in [6, 6.07) is 0. The van der Waals surface area contributed by atoms with Crippen LogP contribution in [0.25, 0.3) is 0 Å². The lowest BCUT2D eigenvalue weighted by atomic mass is 9.80. The first kappa shape index (κ1) is 18.7. The molecular weight excluding hydrogens is 256 g/mol. The standard InChI is InChI=1S/C20H38O/c1-2-3-4-5-6-7-8-9-10-11-12-13-14-15-16-19-17-20(21)18-19/h19H,2-18H2,1H3. The smallest absolute Gasteiger partial charge is 0.133 e.